The van der Waals surface area contributed by atoms with E-state index in [4.69, 9.17) is 18.9 Å². The SMILES string of the molecule is CC(=O)O[C@@]1(C)C(=O)[C@H]2OC(=O)[C@@]3(C)CCC[C@@](C)([C@H]23)[C@@]12CC[C@@]1(C=COC1)O2. The van der Waals surface area contributed by atoms with Crippen LogP contribution < -0.4 is 0 Å². The predicted octanol–water partition coefficient (Wildman–Crippen LogP) is 2.46. The maximum absolute atomic E-state index is 13.8. The molecule has 0 aromatic carbocycles. The van der Waals surface area contributed by atoms with E-state index in [9.17, 15) is 14.4 Å². The Balaban J connectivity index is 1.73. The minimum atomic E-state index is -1.54. The Hall–Kier alpha value is -1.89. The zero-order valence-electron chi connectivity index (χ0n) is 17.4. The molecular formula is C22H28O7. The van der Waals surface area contributed by atoms with Gasteiger partial charge in [0.15, 0.2) is 11.7 Å². The van der Waals surface area contributed by atoms with Gasteiger partial charge in [0, 0.05) is 18.3 Å². The van der Waals surface area contributed by atoms with Crippen molar-refractivity contribution in [1.82, 2.24) is 0 Å². The van der Waals surface area contributed by atoms with Crippen LogP contribution in [0.2, 0.25) is 0 Å². The number of carbonyl (C=O) groups excluding carboxylic acids is 3. The Labute approximate surface area is 170 Å². The zero-order chi connectivity index (χ0) is 20.9. The Morgan fingerprint density at radius 2 is 1.90 bits per heavy atom. The summed E-state index contributed by atoms with van der Waals surface area (Å²) in [5, 5.41) is 0. The Bertz CT molecular complexity index is 850. The number of Topliss-reactive ketones (excluding diaryl/α,β-unsaturated/α-hetero) is 1. The van der Waals surface area contributed by atoms with Crippen LogP contribution in [0.4, 0.5) is 0 Å². The number of ketones is 1. The summed E-state index contributed by atoms with van der Waals surface area (Å²) in [4.78, 5) is 38.8. The molecule has 5 rings (SSSR count). The first-order valence-corrected chi connectivity index (χ1v) is 10.5. The Kier molecular flexibility index (Phi) is 3.57. The summed E-state index contributed by atoms with van der Waals surface area (Å²) in [6.07, 6.45) is 6.09. The highest BCUT2D eigenvalue weighted by molar-refractivity contribution is 6.00. The van der Waals surface area contributed by atoms with E-state index in [1.165, 1.54) is 6.92 Å². The molecule has 2 spiro atoms. The lowest BCUT2D eigenvalue weighted by Crippen LogP contribution is -2.77. The van der Waals surface area contributed by atoms with Crippen molar-refractivity contribution in [2.75, 3.05) is 6.61 Å². The fourth-order valence-electron chi connectivity index (χ4n) is 7.35. The van der Waals surface area contributed by atoms with E-state index in [0.717, 1.165) is 12.8 Å². The predicted molar refractivity (Wildman–Crippen MR) is 99.5 cm³/mol. The van der Waals surface area contributed by atoms with E-state index in [-0.39, 0.29) is 17.7 Å². The van der Waals surface area contributed by atoms with Gasteiger partial charge in [-0.3, -0.25) is 14.4 Å². The van der Waals surface area contributed by atoms with Crippen molar-refractivity contribution in [1.29, 1.82) is 0 Å². The van der Waals surface area contributed by atoms with Crippen molar-refractivity contribution in [2.24, 2.45) is 16.7 Å². The van der Waals surface area contributed by atoms with Gasteiger partial charge in [0.25, 0.3) is 0 Å². The van der Waals surface area contributed by atoms with Crippen molar-refractivity contribution in [3.05, 3.63) is 12.3 Å². The van der Waals surface area contributed by atoms with Gasteiger partial charge in [0.1, 0.15) is 17.8 Å². The van der Waals surface area contributed by atoms with E-state index in [2.05, 4.69) is 6.92 Å². The molecule has 2 aliphatic carbocycles. The van der Waals surface area contributed by atoms with Gasteiger partial charge in [0.05, 0.1) is 11.7 Å². The molecule has 7 heteroatoms. The van der Waals surface area contributed by atoms with Crippen LogP contribution in [-0.4, -0.2) is 47.2 Å². The molecule has 0 amide bonds. The van der Waals surface area contributed by atoms with Gasteiger partial charge >= 0.3 is 11.9 Å². The van der Waals surface area contributed by atoms with Crippen molar-refractivity contribution < 1.29 is 33.3 Å². The molecule has 158 valence electrons. The van der Waals surface area contributed by atoms with Gasteiger partial charge in [-0.15, -0.1) is 0 Å². The van der Waals surface area contributed by atoms with Crippen LogP contribution in [0.5, 0.6) is 0 Å². The summed E-state index contributed by atoms with van der Waals surface area (Å²) in [7, 11) is 0. The first kappa shape index (κ1) is 19.1. The van der Waals surface area contributed by atoms with E-state index in [1.807, 2.05) is 13.0 Å². The molecule has 0 unspecified atom stereocenters. The number of rotatable bonds is 1. The minimum Gasteiger partial charge on any atom is -0.498 e. The molecule has 0 aromatic rings. The smallest absolute Gasteiger partial charge is 0.312 e. The zero-order valence-corrected chi connectivity index (χ0v) is 17.4. The van der Waals surface area contributed by atoms with Gasteiger partial charge in [-0.2, -0.15) is 0 Å². The van der Waals surface area contributed by atoms with Crippen LogP contribution in [0.15, 0.2) is 12.3 Å². The van der Waals surface area contributed by atoms with Crippen LogP contribution in [0, 0.1) is 16.7 Å². The number of hydrogen-bond donors (Lipinski definition) is 0. The quantitative estimate of drug-likeness (QED) is 0.620. The number of hydrogen-bond acceptors (Lipinski definition) is 7. The van der Waals surface area contributed by atoms with Crippen LogP contribution >= 0.6 is 0 Å². The summed E-state index contributed by atoms with van der Waals surface area (Å²) in [5.74, 6) is -1.55. The standard InChI is InChI=1S/C22H28O7/c1-13(23)28-20(4)16(24)14-15-18(2,17(25)27-14)6-5-7-19(15,3)22(20)9-8-21(29-22)10-11-26-12-21/h10-11,14-15H,5-9,12H2,1-4H3/t14-,15+,18-,19-,20-,21-,22-/m0/s1. The molecule has 0 bridgehead atoms. The molecule has 29 heavy (non-hydrogen) atoms. The molecule has 2 saturated heterocycles. The fraction of sp³-hybridized carbons (Fsp3) is 0.773. The molecule has 3 aliphatic heterocycles. The van der Waals surface area contributed by atoms with Crippen LogP contribution in [0.25, 0.3) is 0 Å². The molecular weight excluding hydrogens is 376 g/mol. The van der Waals surface area contributed by atoms with Crippen molar-refractivity contribution >= 4 is 17.7 Å². The second-order valence-electron chi connectivity index (χ2n) is 10.1. The van der Waals surface area contributed by atoms with Gasteiger partial charge in [-0.05, 0) is 45.6 Å². The van der Waals surface area contributed by atoms with E-state index >= 15 is 0 Å². The maximum Gasteiger partial charge on any atom is 0.312 e. The van der Waals surface area contributed by atoms with Crippen LogP contribution in [0.1, 0.15) is 59.8 Å². The van der Waals surface area contributed by atoms with E-state index in [1.54, 1.807) is 13.2 Å². The van der Waals surface area contributed by atoms with Gasteiger partial charge in [-0.25, -0.2) is 0 Å². The number of ether oxygens (including phenoxy) is 4. The summed E-state index contributed by atoms with van der Waals surface area (Å²) in [6.45, 7) is 7.33. The third-order valence-corrected chi connectivity index (χ3v) is 8.61. The third-order valence-electron chi connectivity index (χ3n) is 8.61. The number of carbonyl (C=O) groups is 3. The first-order chi connectivity index (χ1) is 13.5. The molecule has 7 nitrogen and oxygen atoms in total. The second-order valence-corrected chi connectivity index (χ2v) is 10.1. The topological polar surface area (TPSA) is 88.1 Å². The molecule has 5 aliphatic rings. The van der Waals surface area contributed by atoms with Crippen LogP contribution in [0.3, 0.4) is 0 Å². The fourth-order valence-corrected chi connectivity index (χ4v) is 7.35. The molecule has 7 atom stereocenters. The van der Waals surface area contributed by atoms with Gasteiger partial charge in [0.2, 0.25) is 5.78 Å². The van der Waals surface area contributed by atoms with Gasteiger partial charge < -0.3 is 18.9 Å². The number of fused-ring (bicyclic) bond motifs is 1. The summed E-state index contributed by atoms with van der Waals surface area (Å²) >= 11 is 0. The normalized spacial score (nSPS) is 52.6. The highest BCUT2D eigenvalue weighted by atomic mass is 16.6. The van der Waals surface area contributed by atoms with Crippen molar-refractivity contribution in [3.8, 4) is 0 Å². The molecule has 2 saturated carbocycles. The highest BCUT2D eigenvalue weighted by Gasteiger charge is 2.82. The van der Waals surface area contributed by atoms with Crippen molar-refractivity contribution in [3.63, 3.8) is 0 Å². The lowest BCUT2D eigenvalue weighted by Gasteiger charge is -2.63. The summed E-state index contributed by atoms with van der Waals surface area (Å²) < 4.78 is 23.8. The molecule has 3 heterocycles. The Morgan fingerprint density at radius 1 is 1.14 bits per heavy atom. The molecule has 0 radical (unpaired) electrons. The lowest BCUT2D eigenvalue weighted by molar-refractivity contribution is -0.285. The van der Waals surface area contributed by atoms with Crippen molar-refractivity contribution in [2.45, 2.75) is 82.7 Å². The highest BCUT2D eigenvalue weighted by Crippen LogP contribution is 2.71. The average molecular weight is 404 g/mol. The molecule has 4 fully saturated rings. The molecule has 0 aromatic heterocycles. The molecule has 0 N–H and O–H groups in total. The average Bonchev–Trinajstić information content (AvgIpc) is 3.33. The number of esters is 2. The summed E-state index contributed by atoms with van der Waals surface area (Å²) in [6, 6.07) is 0. The van der Waals surface area contributed by atoms with Gasteiger partial charge in [-0.1, -0.05) is 13.3 Å². The van der Waals surface area contributed by atoms with Crippen LogP contribution in [-0.2, 0) is 33.3 Å². The lowest BCUT2D eigenvalue weighted by atomic mass is 9.42. The second kappa shape index (κ2) is 5.42. The first-order valence-electron chi connectivity index (χ1n) is 10.5. The Morgan fingerprint density at radius 3 is 2.55 bits per heavy atom. The third kappa shape index (κ3) is 2.00. The van der Waals surface area contributed by atoms with E-state index < -0.39 is 39.7 Å². The summed E-state index contributed by atoms with van der Waals surface area (Å²) in [5.41, 5.74) is -4.56. The minimum absolute atomic E-state index is 0.311. The monoisotopic (exact) mass is 404 g/mol. The van der Waals surface area contributed by atoms with E-state index in [0.29, 0.717) is 25.9 Å². The maximum atomic E-state index is 13.8. The largest absolute Gasteiger partial charge is 0.498 e.